The van der Waals surface area contributed by atoms with E-state index in [1.807, 2.05) is 32.0 Å². The number of benzene rings is 1. The lowest BCUT2D eigenvalue weighted by molar-refractivity contribution is -0.124. The van der Waals surface area contributed by atoms with Gasteiger partial charge in [0.1, 0.15) is 0 Å². The molecule has 1 fully saturated rings. The van der Waals surface area contributed by atoms with Crippen LogP contribution >= 0.6 is 0 Å². The molecule has 2 atom stereocenters. The molecule has 134 valence electrons. The summed E-state index contributed by atoms with van der Waals surface area (Å²) in [6, 6.07) is 10.1. The van der Waals surface area contributed by atoms with Crippen molar-refractivity contribution in [3.8, 4) is 0 Å². The Kier molecular flexibility index (Phi) is 7.21. The maximum absolute atomic E-state index is 12.3. The number of hydrogen-bond acceptors (Lipinski definition) is 4. The van der Waals surface area contributed by atoms with Crippen molar-refractivity contribution in [1.82, 2.24) is 15.1 Å². The third kappa shape index (κ3) is 5.89. The first kappa shape index (κ1) is 18.9. The van der Waals surface area contributed by atoms with Gasteiger partial charge in [0.25, 0.3) is 0 Å². The second kappa shape index (κ2) is 9.16. The Morgan fingerprint density at radius 1 is 1.17 bits per heavy atom. The van der Waals surface area contributed by atoms with E-state index in [-0.39, 0.29) is 24.3 Å². The van der Waals surface area contributed by atoms with Crippen molar-refractivity contribution in [2.75, 3.05) is 39.8 Å². The molecule has 2 N–H and O–H groups in total. The molecule has 5 nitrogen and oxygen atoms in total. The average molecular weight is 333 g/mol. The lowest BCUT2D eigenvalue weighted by Crippen LogP contribution is -2.48. The molecule has 1 aliphatic heterocycles. The molecule has 1 aliphatic rings. The second-order valence-corrected chi connectivity index (χ2v) is 7.15. The molecule has 0 aromatic heterocycles. The molecule has 0 radical (unpaired) electrons. The number of piperazine rings is 1. The molecule has 1 aromatic rings. The van der Waals surface area contributed by atoms with Crippen molar-refractivity contribution in [2.24, 2.45) is 5.92 Å². The van der Waals surface area contributed by atoms with Crippen LogP contribution in [0.25, 0.3) is 0 Å². The molecule has 1 heterocycles. The van der Waals surface area contributed by atoms with Gasteiger partial charge in [-0.05, 0) is 18.5 Å². The van der Waals surface area contributed by atoms with E-state index in [9.17, 15) is 9.90 Å². The van der Waals surface area contributed by atoms with Gasteiger partial charge in [-0.1, -0.05) is 44.2 Å². The topological polar surface area (TPSA) is 55.8 Å². The highest BCUT2D eigenvalue weighted by Gasteiger charge is 2.22. The average Bonchev–Trinajstić information content (AvgIpc) is 2.57. The molecule has 0 saturated carbocycles. The number of nitrogens with zero attached hydrogens (tertiary/aromatic N) is 2. The molecule has 1 amide bonds. The Morgan fingerprint density at radius 3 is 2.38 bits per heavy atom. The van der Waals surface area contributed by atoms with E-state index < -0.39 is 6.10 Å². The van der Waals surface area contributed by atoms with E-state index in [1.165, 1.54) is 0 Å². The molecule has 0 bridgehead atoms. The lowest BCUT2D eigenvalue weighted by Gasteiger charge is -2.35. The Bertz CT molecular complexity index is 499. The van der Waals surface area contributed by atoms with Gasteiger partial charge in [-0.2, -0.15) is 0 Å². The van der Waals surface area contributed by atoms with Crippen LogP contribution in [0.1, 0.15) is 31.9 Å². The van der Waals surface area contributed by atoms with Crippen LogP contribution in [0.5, 0.6) is 0 Å². The summed E-state index contributed by atoms with van der Waals surface area (Å²) in [5, 5.41) is 13.1. The van der Waals surface area contributed by atoms with Crippen LogP contribution in [0, 0.1) is 5.92 Å². The minimum absolute atomic E-state index is 0.0403. The summed E-state index contributed by atoms with van der Waals surface area (Å²) < 4.78 is 0. The summed E-state index contributed by atoms with van der Waals surface area (Å²) in [6.07, 6.45) is -0.436. The molecule has 2 rings (SSSR count). The molecule has 24 heavy (non-hydrogen) atoms. The van der Waals surface area contributed by atoms with Gasteiger partial charge in [-0.3, -0.25) is 9.69 Å². The van der Waals surface area contributed by atoms with Crippen molar-refractivity contribution >= 4 is 5.91 Å². The van der Waals surface area contributed by atoms with Gasteiger partial charge < -0.3 is 15.3 Å². The van der Waals surface area contributed by atoms with Crippen molar-refractivity contribution in [3.63, 3.8) is 0 Å². The standard InChI is InChI=1S/C19H31N3O2/c1-15(2)18(23)13-19(24)20-17(16-7-5-4-6-8-16)14-22-11-9-21(3)10-12-22/h4-8,15,17-18,23H,9-14H2,1-3H3,(H,20,24). The predicted molar refractivity (Wildman–Crippen MR) is 96.7 cm³/mol. The normalized spacial score (nSPS) is 19.2. The number of aliphatic hydroxyl groups excluding tert-OH is 1. The van der Waals surface area contributed by atoms with Crippen molar-refractivity contribution in [1.29, 1.82) is 0 Å². The molecule has 0 aliphatic carbocycles. The van der Waals surface area contributed by atoms with Crippen LogP contribution in [0.4, 0.5) is 0 Å². The van der Waals surface area contributed by atoms with E-state index in [4.69, 9.17) is 0 Å². The third-order valence-corrected chi connectivity index (χ3v) is 4.74. The molecule has 1 aromatic carbocycles. The van der Waals surface area contributed by atoms with Crippen LogP contribution in [0.3, 0.4) is 0 Å². The molecule has 5 heteroatoms. The van der Waals surface area contributed by atoms with Crippen LogP contribution in [-0.2, 0) is 4.79 Å². The second-order valence-electron chi connectivity index (χ2n) is 7.15. The molecule has 1 saturated heterocycles. The minimum atomic E-state index is -0.593. The number of hydrogen-bond donors (Lipinski definition) is 2. The van der Waals surface area contributed by atoms with Crippen LogP contribution in [-0.4, -0.2) is 66.7 Å². The molecule has 2 unspecified atom stereocenters. The number of likely N-dealkylation sites (N-methyl/N-ethyl adjacent to an activating group) is 1. The summed E-state index contributed by atoms with van der Waals surface area (Å²) in [4.78, 5) is 17.1. The third-order valence-electron chi connectivity index (χ3n) is 4.74. The lowest BCUT2D eigenvalue weighted by atomic mass is 10.0. The Morgan fingerprint density at radius 2 is 1.79 bits per heavy atom. The van der Waals surface area contributed by atoms with Gasteiger partial charge in [-0.25, -0.2) is 0 Å². The maximum atomic E-state index is 12.3. The van der Waals surface area contributed by atoms with Crippen molar-refractivity contribution in [2.45, 2.75) is 32.4 Å². The Hall–Kier alpha value is -1.43. The fraction of sp³-hybridized carbons (Fsp3) is 0.632. The number of aliphatic hydroxyl groups is 1. The first-order valence-corrected chi connectivity index (χ1v) is 8.89. The summed E-state index contributed by atoms with van der Waals surface area (Å²) in [6.45, 7) is 8.81. The van der Waals surface area contributed by atoms with E-state index in [0.717, 1.165) is 38.3 Å². The summed E-state index contributed by atoms with van der Waals surface area (Å²) >= 11 is 0. The Balaban J connectivity index is 1.99. The van der Waals surface area contributed by atoms with E-state index in [1.54, 1.807) is 0 Å². The molecular weight excluding hydrogens is 302 g/mol. The number of carbonyl (C=O) groups is 1. The molecular formula is C19H31N3O2. The van der Waals surface area contributed by atoms with Gasteiger partial charge in [0, 0.05) is 32.7 Å². The van der Waals surface area contributed by atoms with Crippen LogP contribution in [0.2, 0.25) is 0 Å². The van der Waals surface area contributed by atoms with Gasteiger partial charge in [0.15, 0.2) is 0 Å². The number of carbonyl (C=O) groups excluding carboxylic acids is 1. The zero-order valence-corrected chi connectivity index (χ0v) is 15.1. The summed E-state index contributed by atoms with van der Waals surface area (Å²) in [5.41, 5.74) is 1.11. The molecule has 0 spiro atoms. The first-order chi connectivity index (χ1) is 11.5. The van der Waals surface area contributed by atoms with Gasteiger partial charge in [0.05, 0.1) is 18.6 Å². The van der Waals surface area contributed by atoms with E-state index >= 15 is 0 Å². The largest absolute Gasteiger partial charge is 0.392 e. The summed E-state index contributed by atoms with van der Waals surface area (Å²) in [7, 11) is 2.14. The zero-order chi connectivity index (χ0) is 17.5. The number of nitrogens with one attached hydrogen (secondary N) is 1. The van der Waals surface area contributed by atoms with Crippen LogP contribution < -0.4 is 5.32 Å². The SMILES string of the molecule is CC(C)C(O)CC(=O)NC(CN1CCN(C)CC1)c1ccccc1. The fourth-order valence-corrected chi connectivity index (χ4v) is 2.89. The quantitative estimate of drug-likeness (QED) is 0.794. The van der Waals surface area contributed by atoms with Crippen LogP contribution in [0.15, 0.2) is 30.3 Å². The number of rotatable bonds is 7. The monoisotopic (exact) mass is 333 g/mol. The van der Waals surface area contributed by atoms with E-state index in [2.05, 4.69) is 34.3 Å². The minimum Gasteiger partial charge on any atom is -0.392 e. The number of amides is 1. The highest BCUT2D eigenvalue weighted by atomic mass is 16.3. The van der Waals surface area contributed by atoms with E-state index in [0.29, 0.717) is 0 Å². The van der Waals surface area contributed by atoms with Crippen molar-refractivity contribution < 1.29 is 9.90 Å². The zero-order valence-electron chi connectivity index (χ0n) is 15.1. The van der Waals surface area contributed by atoms with Crippen molar-refractivity contribution in [3.05, 3.63) is 35.9 Å². The predicted octanol–water partition coefficient (Wildman–Crippen LogP) is 1.50. The smallest absolute Gasteiger partial charge is 0.223 e. The maximum Gasteiger partial charge on any atom is 0.223 e. The van der Waals surface area contributed by atoms with Gasteiger partial charge in [0.2, 0.25) is 5.91 Å². The fourth-order valence-electron chi connectivity index (χ4n) is 2.89. The first-order valence-electron chi connectivity index (χ1n) is 8.89. The Labute approximate surface area is 145 Å². The highest BCUT2D eigenvalue weighted by Crippen LogP contribution is 2.16. The van der Waals surface area contributed by atoms with Gasteiger partial charge >= 0.3 is 0 Å². The van der Waals surface area contributed by atoms with Gasteiger partial charge in [-0.15, -0.1) is 0 Å². The highest BCUT2D eigenvalue weighted by molar-refractivity contribution is 5.77. The summed E-state index contributed by atoms with van der Waals surface area (Å²) in [5.74, 6) is 0.00253.